The standard InChI is InChI=1S/C15H15BN2O/c1-3-18-11-13(16-2)6-9-15(18)17-10-12-4-7-14(19)8-5-12/h1,4-9,11,16,19H,10H2,2H3/b17-15-. The van der Waals surface area contributed by atoms with Gasteiger partial charge in [-0.15, -0.1) is 0 Å². The summed E-state index contributed by atoms with van der Waals surface area (Å²) in [5.41, 5.74) is 2.97. The molecule has 0 radical (unpaired) electrons. The molecule has 94 valence electrons. The number of rotatable bonds is 3. The average Bonchev–Trinajstić information content (AvgIpc) is 2.46. The fourth-order valence-electron chi connectivity index (χ4n) is 1.75. The predicted molar refractivity (Wildman–Crippen MR) is 78.7 cm³/mol. The number of nitrogens with zero attached hydrogens (tertiary/aromatic N) is 2. The second kappa shape index (κ2) is 5.97. The van der Waals surface area contributed by atoms with Crippen LogP contribution in [0.25, 0.3) is 0 Å². The SMILES string of the molecule is C#Cn1cc(BC)cc/c1=N/Cc1ccc(O)cc1. The quantitative estimate of drug-likeness (QED) is 0.636. The summed E-state index contributed by atoms with van der Waals surface area (Å²) in [4.78, 5) is 4.49. The molecule has 0 saturated heterocycles. The van der Waals surface area contributed by atoms with Crippen LogP contribution in [0.1, 0.15) is 5.56 Å². The number of phenols is 1. The van der Waals surface area contributed by atoms with E-state index in [0.717, 1.165) is 18.3 Å². The number of pyridine rings is 1. The highest BCUT2D eigenvalue weighted by Gasteiger charge is 1.95. The predicted octanol–water partition coefficient (Wildman–Crippen LogP) is 0.843. The summed E-state index contributed by atoms with van der Waals surface area (Å²) in [5.74, 6) is 0.259. The van der Waals surface area contributed by atoms with Gasteiger partial charge < -0.3 is 5.11 Å². The first-order chi connectivity index (χ1) is 9.22. The molecule has 1 aromatic carbocycles. The van der Waals surface area contributed by atoms with E-state index in [4.69, 9.17) is 6.42 Å². The van der Waals surface area contributed by atoms with Crippen LogP contribution >= 0.6 is 0 Å². The summed E-state index contributed by atoms with van der Waals surface area (Å²) in [6.45, 7) is 2.62. The van der Waals surface area contributed by atoms with Crippen LogP contribution < -0.4 is 11.0 Å². The van der Waals surface area contributed by atoms with E-state index in [-0.39, 0.29) is 5.75 Å². The smallest absolute Gasteiger partial charge is 0.156 e. The van der Waals surface area contributed by atoms with Crippen molar-refractivity contribution >= 4 is 12.7 Å². The first-order valence-corrected chi connectivity index (χ1v) is 6.19. The molecule has 0 aliphatic carbocycles. The van der Waals surface area contributed by atoms with E-state index < -0.39 is 0 Å². The van der Waals surface area contributed by atoms with Crippen LogP contribution in [0, 0.1) is 12.5 Å². The van der Waals surface area contributed by atoms with Gasteiger partial charge >= 0.3 is 0 Å². The number of aromatic nitrogens is 1. The molecule has 0 unspecified atom stereocenters. The molecule has 1 aromatic heterocycles. The first kappa shape index (κ1) is 13.0. The van der Waals surface area contributed by atoms with Crippen LogP contribution in [0.15, 0.2) is 47.6 Å². The Bertz CT molecular complexity index is 666. The molecule has 19 heavy (non-hydrogen) atoms. The normalized spacial score (nSPS) is 11.1. The number of phenolic OH excluding ortho intramolecular Hbond substituents is 1. The lowest BCUT2D eigenvalue weighted by atomic mass is 9.74. The van der Waals surface area contributed by atoms with E-state index in [9.17, 15) is 5.11 Å². The molecular weight excluding hydrogens is 235 g/mol. The molecule has 3 nitrogen and oxygen atoms in total. The second-order valence-corrected chi connectivity index (χ2v) is 4.23. The molecule has 4 heteroatoms. The van der Waals surface area contributed by atoms with Crippen molar-refractivity contribution in [3.8, 4) is 18.2 Å². The van der Waals surface area contributed by atoms with Gasteiger partial charge in [0.2, 0.25) is 0 Å². The molecule has 0 bridgehead atoms. The largest absolute Gasteiger partial charge is 0.508 e. The van der Waals surface area contributed by atoms with Gasteiger partial charge in [-0.2, -0.15) is 0 Å². The Morgan fingerprint density at radius 2 is 2.00 bits per heavy atom. The Kier molecular flexibility index (Phi) is 4.09. The molecule has 2 aromatic rings. The van der Waals surface area contributed by atoms with E-state index in [1.54, 1.807) is 16.7 Å². The summed E-state index contributed by atoms with van der Waals surface area (Å²) < 4.78 is 1.69. The topological polar surface area (TPSA) is 37.5 Å². The van der Waals surface area contributed by atoms with Crippen molar-refractivity contribution in [1.82, 2.24) is 4.57 Å². The fraction of sp³-hybridized carbons (Fsp3) is 0.133. The van der Waals surface area contributed by atoms with Gasteiger partial charge in [-0.1, -0.05) is 36.9 Å². The molecule has 0 saturated carbocycles. The molecular formula is C15H15BN2O. The van der Waals surface area contributed by atoms with E-state index in [0.29, 0.717) is 6.54 Å². The lowest BCUT2D eigenvalue weighted by molar-refractivity contribution is 0.475. The van der Waals surface area contributed by atoms with Crippen molar-refractivity contribution < 1.29 is 5.11 Å². The molecule has 0 atom stereocenters. The van der Waals surface area contributed by atoms with Gasteiger partial charge in [0.05, 0.1) is 6.54 Å². The lowest BCUT2D eigenvalue weighted by Gasteiger charge is -2.02. The number of benzene rings is 1. The van der Waals surface area contributed by atoms with E-state index in [2.05, 4.69) is 17.9 Å². The van der Waals surface area contributed by atoms with Gasteiger partial charge in [0, 0.05) is 12.2 Å². The van der Waals surface area contributed by atoms with Crippen molar-refractivity contribution in [1.29, 1.82) is 0 Å². The zero-order valence-electron chi connectivity index (χ0n) is 10.9. The van der Waals surface area contributed by atoms with Crippen LogP contribution in [-0.4, -0.2) is 17.0 Å². The highest BCUT2D eigenvalue weighted by molar-refractivity contribution is 6.51. The summed E-state index contributed by atoms with van der Waals surface area (Å²) in [6.07, 6.45) is 7.41. The van der Waals surface area contributed by atoms with Crippen molar-refractivity contribution in [2.75, 3.05) is 0 Å². The number of terminal acetylenes is 1. The average molecular weight is 250 g/mol. The highest BCUT2D eigenvalue weighted by Crippen LogP contribution is 2.09. The summed E-state index contributed by atoms with van der Waals surface area (Å²) in [7, 11) is 0.944. The second-order valence-electron chi connectivity index (χ2n) is 4.23. The molecule has 0 spiro atoms. The number of aromatic hydroxyl groups is 1. The Hall–Kier alpha value is -2.41. The molecule has 1 N–H and O–H groups in total. The lowest BCUT2D eigenvalue weighted by Crippen LogP contribution is -2.24. The molecule has 2 rings (SSSR count). The van der Waals surface area contributed by atoms with Crippen molar-refractivity contribution in [2.24, 2.45) is 4.99 Å². The third-order valence-corrected chi connectivity index (χ3v) is 2.90. The first-order valence-electron chi connectivity index (χ1n) is 6.19. The van der Waals surface area contributed by atoms with E-state index in [1.165, 1.54) is 5.46 Å². The van der Waals surface area contributed by atoms with Gasteiger partial charge in [-0.25, -0.2) is 0 Å². The minimum absolute atomic E-state index is 0.259. The third-order valence-electron chi connectivity index (χ3n) is 2.90. The van der Waals surface area contributed by atoms with Gasteiger partial charge in [0.1, 0.15) is 11.2 Å². The maximum Gasteiger partial charge on any atom is 0.156 e. The van der Waals surface area contributed by atoms with E-state index >= 15 is 0 Å². The monoisotopic (exact) mass is 250 g/mol. The maximum absolute atomic E-state index is 9.22. The van der Waals surface area contributed by atoms with Crippen LogP contribution in [0.5, 0.6) is 5.75 Å². The molecule has 0 amide bonds. The minimum atomic E-state index is 0.259. The fourth-order valence-corrected chi connectivity index (χ4v) is 1.75. The van der Waals surface area contributed by atoms with Crippen molar-refractivity contribution in [2.45, 2.75) is 13.4 Å². The highest BCUT2D eigenvalue weighted by atomic mass is 16.3. The number of hydrogen-bond acceptors (Lipinski definition) is 2. The summed E-state index contributed by atoms with van der Waals surface area (Å²) >= 11 is 0. The van der Waals surface area contributed by atoms with Gasteiger partial charge in [0.25, 0.3) is 0 Å². The molecule has 0 aliphatic rings. The molecule has 0 aliphatic heterocycles. The summed E-state index contributed by atoms with van der Waals surface area (Å²) in [5, 5.41) is 9.22. The maximum atomic E-state index is 9.22. The van der Waals surface area contributed by atoms with Gasteiger partial charge in [0.15, 0.2) is 7.28 Å². The van der Waals surface area contributed by atoms with Crippen LogP contribution in [0.2, 0.25) is 6.82 Å². The third kappa shape index (κ3) is 3.29. The Morgan fingerprint density at radius 3 is 2.63 bits per heavy atom. The molecule has 0 fully saturated rings. The zero-order valence-corrected chi connectivity index (χ0v) is 10.9. The minimum Gasteiger partial charge on any atom is -0.508 e. The van der Waals surface area contributed by atoms with Crippen LogP contribution in [0.4, 0.5) is 0 Å². The van der Waals surface area contributed by atoms with Gasteiger partial charge in [-0.05, 0) is 23.8 Å². The van der Waals surface area contributed by atoms with Crippen molar-refractivity contribution in [3.05, 3.63) is 53.6 Å². The Morgan fingerprint density at radius 1 is 1.26 bits per heavy atom. The van der Waals surface area contributed by atoms with Crippen LogP contribution in [0.3, 0.4) is 0 Å². The number of hydrogen-bond donors (Lipinski definition) is 1. The van der Waals surface area contributed by atoms with Gasteiger partial charge in [-0.3, -0.25) is 9.56 Å². The van der Waals surface area contributed by atoms with Crippen LogP contribution in [-0.2, 0) is 6.54 Å². The Balaban J connectivity index is 2.29. The van der Waals surface area contributed by atoms with Crippen molar-refractivity contribution in [3.63, 3.8) is 0 Å². The zero-order chi connectivity index (χ0) is 13.7. The Labute approximate surface area is 113 Å². The van der Waals surface area contributed by atoms with E-state index in [1.807, 2.05) is 30.5 Å². The molecule has 1 heterocycles. The summed E-state index contributed by atoms with van der Waals surface area (Å²) in [6, 6.07) is 13.6.